The van der Waals surface area contributed by atoms with Gasteiger partial charge in [-0.15, -0.1) is 0 Å². The summed E-state index contributed by atoms with van der Waals surface area (Å²) in [7, 11) is 1.49. The SMILES string of the molecule is CCOc1ccc2c(c1)CC(C(=O)N(C)CC(=O)O)CO2. The summed E-state index contributed by atoms with van der Waals surface area (Å²) < 4.78 is 11.0. The third-order valence-corrected chi connectivity index (χ3v) is 3.35. The molecule has 2 rings (SSSR count). The number of aliphatic carboxylic acids is 1. The molecule has 0 saturated heterocycles. The number of amides is 1. The van der Waals surface area contributed by atoms with Crippen LogP contribution in [0.1, 0.15) is 12.5 Å². The fourth-order valence-corrected chi connectivity index (χ4v) is 2.38. The van der Waals surface area contributed by atoms with E-state index in [0.717, 1.165) is 17.1 Å². The van der Waals surface area contributed by atoms with Crippen LogP contribution in [0.15, 0.2) is 18.2 Å². The number of carboxylic acid groups (broad SMARTS) is 1. The van der Waals surface area contributed by atoms with E-state index in [1.807, 2.05) is 25.1 Å². The summed E-state index contributed by atoms with van der Waals surface area (Å²) in [5.41, 5.74) is 0.911. The van der Waals surface area contributed by atoms with E-state index >= 15 is 0 Å². The maximum atomic E-state index is 12.2. The molecule has 0 aliphatic carbocycles. The molecular formula is C15H19NO5. The normalized spacial score (nSPS) is 16.6. The molecule has 0 fully saturated rings. The predicted molar refractivity (Wildman–Crippen MR) is 75.6 cm³/mol. The fraction of sp³-hybridized carbons (Fsp3) is 0.467. The van der Waals surface area contributed by atoms with E-state index < -0.39 is 5.97 Å². The smallest absolute Gasteiger partial charge is 0.323 e. The van der Waals surface area contributed by atoms with Crippen LogP contribution in [-0.2, 0) is 16.0 Å². The van der Waals surface area contributed by atoms with Crippen molar-refractivity contribution in [1.29, 1.82) is 0 Å². The highest BCUT2D eigenvalue weighted by Crippen LogP contribution is 2.31. The summed E-state index contributed by atoms with van der Waals surface area (Å²) in [6.07, 6.45) is 0.527. The number of carbonyl (C=O) groups is 2. The number of hydrogen-bond donors (Lipinski definition) is 1. The van der Waals surface area contributed by atoms with E-state index in [1.54, 1.807) is 0 Å². The van der Waals surface area contributed by atoms with Gasteiger partial charge in [-0.25, -0.2) is 0 Å². The summed E-state index contributed by atoms with van der Waals surface area (Å²) in [6, 6.07) is 5.54. The van der Waals surface area contributed by atoms with Gasteiger partial charge in [-0.1, -0.05) is 0 Å². The van der Waals surface area contributed by atoms with Crippen LogP contribution in [0.25, 0.3) is 0 Å². The van der Waals surface area contributed by atoms with E-state index in [0.29, 0.717) is 13.0 Å². The molecule has 1 N–H and O–H groups in total. The van der Waals surface area contributed by atoms with Crippen LogP contribution >= 0.6 is 0 Å². The first-order valence-electron chi connectivity index (χ1n) is 6.86. The summed E-state index contributed by atoms with van der Waals surface area (Å²) in [5, 5.41) is 8.74. The number of ether oxygens (including phenoxy) is 2. The molecule has 1 amide bonds. The molecule has 0 bridgehead atoms. The molecule has 0 aromatic heterocycles. The third kappa shape index (κ3) is 3.65. The van der Waals surface area contributed by atoms with Crippen molar-refractivity contribution in [2.45, 2.75) is 13.3 Å². The highest BCUT2D eigenvalue weighted by molar-refractivity contribution is 5.83. The topological polar surface area (TPSA) is 76.1 Å². The van der Waals surface area contributed by atoms with Crippen molar-refractivity contribution in [3.8, 4) is 11.5 Å². The minimum absolute atomic E-state index is 0.218. The van der Waals surface area contributed by atoms with Crippen LogP contribution in [0.5, 0.6) is 11.5 Å². The third-order valence-electron chi connectivity index (χ3n) is 3.35. The average molecular weight is 293 g/mol. The van der Waals surface area contributed by atoms with Crippen molar-refractivity contribution in [2.75, 3.05) is 26.8 Å². The van der Waals surface area contributed by atoms with Crippen molar-refractivity contribution >= 4 is 11.9 Å². The zero-order valence-corrected chi connectivity index (χ0v) is 12.2. The monoisotopic (exact) mass is 293 g/mol. The number of carboxylic acids is 1. The minimum atomic E-state index is -1.03. The van der Waals surface area contributed by atoms with Gasteiger partial charge in [0.05, 0.1) is 12.5 Å². The van der Waals surface area contributed by atoms with Crippen molar-refractivity contribution in [1.82, 2.24) is 4.90 Å². The van der Waals surface area contributed by atoms with Crippen LogP contribution in [0.2, 0.25) is 0 Å². The Kier molecular flexibility index (Phi) is 4.67. The molecule has 0 saturated carbocycles. The zero-order valence-electron chi connectivity index (χ0n) is 12.2. The molecule has 1 aromatic rings. The first-order chi connectivity index (χ1) is 10.0. The Morgan fingerprint density at radius 2 is 2.24 bits per heavy atom. The molecule has 0 spiro atoms. The summed E-state index contributed by atoms with van der Waals surface area (Å²) in [6.45, 7) is 2.44. The molecule has 114 valence electrons. The molecule has 21 heavy (non-hydrogen) atoms. The molecule has 6 nitrogen and oxygen atoms in total. The van der Waals surface area contributed by atoms with Gasteiger partial charge in [-0.2, -0.15) is 0 Å². The van der Waals surface area contributed by atoms with Crippen LogP contribution in [0.3, 0.4) is 0 Å². The minimum Gasteiger partial charge on any atom is -0.494 e. The van der Waals surface area contributed by atoms with E-state index in [4.69, 9.17) is 14.6 Å². The average Bonchev–Trinajstić information content (AvgIpc) is 2.45. The summed E-state index contributed by atoms with van der Waals surface area (Å²) in [4.78, 5) is 24.1. The highest BCUT2D eigenvalue weighted by atomic mass is 16.5. The van der Waals surface area contributed by atoms with Crippen molar-refractivity contribution < 1.29 is 24.2 Å². The van der Waals surface area contributed by atoms with Gasteiger partial charge in [0.1, 0.15) is 24.7 Å². The van der Waals surface area contributed by atoms with Gasteiger partial charge in [-0.05, 0) is 37.1 Å². The Bertz CT molecular complexity index is 543. The molecule has 1 aliphatic rings. The highest BCUT2D eigenvalue weighted by Gasteiger charge is 2.29. The number of likely N-dealkylation sites (N-methyl/N-ethyl adjacent to an activating group) is 1. The number of fused-ring (bicyclic) bond motifs is 1. The van der Waals surface area contributed by atoms with Gasteiger partial charge in [0.25, 0.3) is 0 Å². The number of hydrogen-bond acceptors (Lipinski definition) is 4. The summed E-state index contributed by atoms with van der Waals surface area (Å²) in [5.74, 6) is -0.111. The van der Waals surface area contributed by atoms with Crippen molar-refractivity contribution in [3.63, 3.8) is 0 Å². The van der Waals surface area contributed by atoms with Crippen LogP contribution in [0.4, 0.5) is 0 Å². The van der Waals surface area contributed by atoms with Gasteiger partial charge in [0, 0.05) is 7.05 Å². The van der Waals surface area contributed by atoms with E-state index in [-0.39, 0.29) is 25.0 Å². The van der Waals surface area contributed by atoms with E-state index in [9.17, 15) is 9.59 Å². The van der Waals surface area contributed by atoms with Crippen molar-refractivity contribution in [3.05, 3.63) is 23.8 Å². The number of carbonyl (C=O) groups excluding carboxylic acids is 1. The number of benzene rings is 1. The Labute approximate surface area is 123 Å². The predicted octanol–water partition coefficient (Wildman–Crippen LogP) is 1.18. The lowest BCUT2D eigenvalue weighted by Gasteiger charge is -2.27. The fourth-order valence-electron chi connectivity index (χ4n) is 2.38. The molecule has 1 aromatic carbocycles. The van der Waals surface area contributed by atoms with Gasteiger partial charge in [0.15, 0.2) is 0 Å². The Morgan fingerprint density at radius 1 is 1.48 bits per heavy atom. The van der Waals surface area contributed by atoms with Crippen molar-refractivity contribution in [2.24, 2.45) is 5.92 Å². The number of nitrogens with zero attached hydrogens (tertiary/aromatic N) is 1. The van der Waals surface area contributed by atoms with Crippen LogP contribution in [-0.4, -0.2) is 48.7 Å². The second kappa shape index (κ2) is 6.47. The molecule has 6 heteroatoms. The number of rotatable bonds is 5. The first-order valence-corrected chi connectivity index (χ1v) is 6.86. The van der Waals surface area contributed by atoms with Gasteiger partial charge < -0.3 is 19.5 Å². The second-order valence-electron chi connectivity index (χ2n) is 5.00. The Balaban J connectivity index is 2.08. The van der Waals surface area contributed by atoms with Gasteiger partial charge in [0.2, 0.25) is 5.91 Å². The van der Waals surface area contributed by atoms with Crippen LogP contribution in [0, 0.1) is 5.92 Å². The molecule has 0 radical (unpaired) electrons. The Morgan fingerprint density at radius 3 is 2.90 bits per heavy atom. The lowest BCUT2D eigenvalue weighted by atomic mass is 9.95. The van der Waals surface area contributed by atoms with Crippen LogP contribution < -0.4 is 9.47 Å². The van der Waals surface area contributed by atoms with E-state index in [1.165, 1.54) is 11.9 Å². The quantitative estimate of drug-likeness (QED) is 0.882. The summed E-state index contributed by atoms with van der Waals surface area (Å²) >= 11 is 0. The molecule has 1 heterocycles. The van der Waals surface area contributed by atoms with Gasteiger partial charge >= 0.3 is 5.97 Å². The second-order valence-corrected chi connectivity index (χ2v) is 5.00. The molecular weight excluding hydrogens is 274 g/mol. The molecule has 1 aliphatic heterocycles. The maximum Gasteiger partial charge on any atom is 0.323 e. The lowest BCUT2D eigenvalue weighted by molar-refractivity contribution is -0.145. The maximum absolute atomic E-state index is 12.2. The lowest BCUT2D eigenvalue weighted by Crippen LogP contribution is -2.40. The zero-order chi connectivity index (χ0) is 15.4. The Hall–Kier alpha value is -2.24. The molecule has 1 unspecified atom stereocenters. The largest absolute Gasteiger partial charge is 0.494 e. The van der Waals surface area contributed by atoms with E-state index in [2.05, 4.69) is 0 Å². The van der Waals surface area contributed by atoms with Gasteiger partial charge in [-0.3, -0.25) is 9.59 Å². The molecule has 1 atom stereocenters. The standard InChI is InChI=1S/C15H19NO5/c1-3-20-12-4-5-13-10(7-12)6-11(9-21-13)15(19)16(2)8-14(17)18/h4-5,7,11H,3,6,8-9H2,1-2H3,(H,17,18). The first kappa shape index (κ1) is 15.2.